The predicted octanol–water partition coefficient (Wildman–Crippen LogP) is 5.71. The molecule has 0 heterocycles. The average molecular weight is 636 g/mol. The summed E-state index contributed by atoms with van der Waals surface area (Å²) in [6.45, 7) is -0.772. The minimum Gasteiger partial charge on any atom is -0.497 e. The number of hydrogen-bond acceptors (Lipinski definition) is 6. The van der Waals surface area contributed by atoms with E-state index in [9.17, 15) is 35.2 Å². The first-order chi connectivity index (χ1) is 20.8. The molecule has 0 bridgehead atoms. The van der Waals surface area contributed by atoms with Crippen molar-refractivity contribution in [1.29, 1.82) is 0 Å². The van der Waals surface area contributed by atoms with Crippen LogP contribution < -0.4 is 25.2 Å². The lowest BCUT2D eigenvalue weighted by atomic mass is 9.90. The highest BCUT2D eigenvalue weighted by Gasteiger charge is 2.21. The first-order valence-corrected chi connectivity index (χ1v) is 14.3. The number of ether oxygens (including phenoxy) is 2. The number of amides is 1. The number of benzene rings is 4. The number of alkyl halides is 2. The molecule has 0 fully saturated rings. The molecule has 1 amide bonds. The maximum Gasteiger partial charge on any atom is 0.255 e. The van der Waals surface area contributed by atoms with Crippen LogP contribution in [-0.4, -0.2) is 41.5 Å². The van der Waals surface area contributed by atoms with E-state index >= 15 is 0 Å². The number of nitrogens with one attached hydrogen (secondary N) is 2. The van der Waals surface area contributed by atoms with Crippen LogP contribution >= 0.6 is 0 Å². The lowest BCUT2D eigenvalue weighted by Gasteiger charge is -2.18. The minimum absolute atomic E-state index is 0.0296. The number of primary sulfonamides is 1. The molecule has 4 rings (SSSR count). The average Bonchev–Trinajstić information content (AvgIpc) is 2.99. The maximum absolute atomic E-state index is 14.9. The summed E-state index contributed by atoms with van der Waals surface area (Å²) in [4.78, 5) is 12.7. The summed E-state index contributed by atoms with van der Waals surface area (Å²) in [6, 6.07) is 14.5. The van der Waals surface area contributed by atoms with Gasteiger partial charge in [-0.15, -0.1) is 0 Å². The Balaban J connectivity index is 1.78. The van der Waals surface area contributed by atoms with Crippen molar-refractivity contribution >= 4 is 21.6 Å². The normalized spacial score (nSPS) is 11.5. The highest BCUT2D eigenvalue weighted by atomic mass is 32.2. The number of hydrogen-bond donors (Lipinski definition) is 3. The number of sulfonamides is 1. The molecule has 0 atom stereocenters. The summed E-state index contributed by atoms with van der Waals surface area (Å²) < 4.78 is 103. The maximum atomic E-state index is 14.9. The molecule has 0 unspecified atom stereocenters. The topological polar surface area (TPSA) is 120 Å². The van der Waals surface area contributed by atoms with E-state index in [1.54, 1.807) is 18.2 Å². The molecular weight excluding hydrogens is 609 g/mol. The Bertz CT molecular complexity index is 1820. The number of methoxy groups -OCH3 is 2. The van der Waals surface area contributed by atoms with Crippen LogP contribution in [0.2, 0.25) is 0 Å². The van der Waals surface area contributed by atoms with Gasteiger partial charge in [-0.05, 0) is 76.9 Å². The summed E-state index contributed by atoms with van der Waals surface area (Å²) in [5.74, 6) is -4.98. The van der Waals surface area contributed by atoms with Gasteiger partial charge in [0.05, 0.1) is 20.8 Å². The van der Waals surface area contributed by atoms with Crippen LogP contribution in [0, 0.1) is 17.5 Å². The van der Waals surface area contributed by atoms with Crippen LogP contribution in [0.4, 0.5) is 27.6 Å². The van der Waals surface area contributed by atoms with E-state index in [2.05, 4.69) is 10.6 Å². The Morgan fingerprint density at radius 3 is 2.20 bits per heavy atom. The largest absolute Gasteiger partial charge is 0.497 e. The monoisotopic (exact) mass is 635 g/mol. The molecule has 44 heavy (non-hydrogen) atoms. The summed E-state index contributed by atoms with van der Waals surface area (Å²) in [7, 11) is -1.54. The SMILES string of the molecule is COc1ccc(-c2ccc(NC(=O)c3ccc(S(N)(=O)=O)c(OC)c3)cc2CNCC(F)F)c(-c2ccc(F)c(F)c2F)c1. The van der Waals surface area contributed by atoms with Gasteiger partial charge < -0.3 is 20.1 Å². The van der Waals surface area contributed by atoms with Crippen molar-refractivity contribution in [3.63, 3.8) is 0 Å². The molecular formula is C30H26F5N3O5S. The second kappa shape index (κ2) is 13.4. The third-order valence-corrected chi connectivity index (χ3v) is 7.50. The fourth-order valence-electron chi connectivity index (χ4n) is 4.49. The van der Waals surface area contributed by atoms with Gasteiger partial charge in [-0.1, -0.05) is 12.1 Å². The van der Waals surface area contributed by atoms with Crippen molar-refractivity contribution in [1.82, 2.24) is 5.32 Å². The molecule has 4 aromatic rings. The number of anilines is 1. The molecule has 0 aliphatic carbocycles. The highest BCUT2D eigenvalue weighted by molar-refractivity contribution is 7.89. The molecule has 232 valence electrons. The molecule has 4 aromatic carbocycles. The second-order valence-electron chi connectivity index (χ2n) is 9.39. The van der Waals surface area contributed by atoms with Crippen molar-refractivity contribution in [2.45, 2.75) is 17.9 Å². The third kappa shape index (κ3) is 7.15. The van der Waals surface area contributed by atoms with Gasteiger partial charge in [0.25, 0.3) is 12.3 Å². The molecule has 4 N–H and O–H groups in total. The number of carbonyl (C=O) groups excluding carboxylic acids is 1. The number of nitrogens with two attached hydrogens (primary N) is 1. The molecule has 0 aliphatic rings. The van der Waals surface area contributed by atoms with Crippen molar-refractivity contribution in [3.8, 4) is 33.8 Å². The highest BCUT2D eigenvalue weighted by Crippen LogP contribution is 2.39. The zero-order valence-corrected chi connectivity index (χ0v) is 24.1. The Morgan fingerprint density at radius 2 is 1.55 bits per heavy atom. The quantitative estimate of drug-likeness (QED) is 0.144. The summed E-state index contributed by atoms with van der Waals surface area (Å²) in [5.41, 5.74) is 1.27. The lowest BCUT2D eigenvalue weighted by molar-refractivity contribution is 0.102. The smallest absolute Gasteiger partial charge is 0.255 e. The molecule has 0 radical (unpaired) electrons. The Morgan fingerprint density at radius 1 is 0.841 bits per heavy atom. The van der Waals surface area contributed by atoms with Crippen molar-refractivity contribution in [2.75, 3.05) is 26.1 Å². The first kappa shape index (κ1) is 32.4. The molecule has 0 spiro atoms. The molecule has 8 nitrogen and oxygen atoms in total. The van der Waals surface area contributed by atoms with Gasteiger partial charge >= 0.3 is 0 Å². The fraction of sp³-hybridized carbons (Fsp3) is 0.167. The van der Waals surface area contributed by atoms with E-state index in [1.165, 1.54) is 44.6 Å². The van der Waals surface area contributed by atoms with E-state index in [4.69, 9.17) is 14.6 Å². The zero-order chi connectivity index (χ0) is 32.2. The van der Waals surface area contributed by atoms with Crippen LogP contribution in [0.3, 0.4) is 0 Å². The Kier molecular flexibility index (Phi) is 9.87. The van der Waals surface area contributed by atoms with Gasteiger partial charge in [0.1, 0.15) is 16.4 Å². The van der Waals surface area contributed by atoms with Gasteiger partial charge in [-0.25, -0.2) is 35.5 Å². The van der Waals surface area contributed by atoms with E-state index in [-0.39, 0.29) is 45.3 Å². The van der Waals surface area contributed by atoms with Gasteiger partial charge in [0.15, 0.2) is 17.5 Å². The number of halogens is 5. The van der Waals surface area contributed by atoms with Gasteiger partial charge in [0.2, 0.25) is 10.0 Å². The van der Waals surface area contributed by atoms with Crippen LogP contribution in [-0.2, 0) is 16.6 Å². The van der Waals surface area contributed by atoms with Gasteiger partial charge in [-0.2, -0.15) is 0 Å². The van der Waals surface area contributed by atoms with E-state index in [0.29, 0.717) is 16.7 Å². The lowest BCUT2D eigenvalue weighted by Crippen LogP contribution is -2.21. The van der Waals surface area contributed by atoms with E-state index in [0.717, 1.165) is 18.2 Å². The summed E-state index contributed by atoms with van der Waals surface area (Å²) in [6.07, 6.45) is -2.66. The molecule has 0 aliphatic heterocycles. The van der Waals surface area contributed by atoms with Crippen LogP contribution in [0.15, 0.2) is 71.6 Å². The van der Waals surface area contributed by atoms with Crippen LogP contribution in [0.1, 0.15) is 15.9 Å². The van der Waals surface area contributed by atoms with E-state index in [1.807, 2.05) is 0 Å². The first-order valence-electron chi connectivity index (χ1n) is 12.8. The number of carbonyl (C=O) groups is 1. The summed E-state index contributed by atoms with van der Waals surface area (Å²) >= 11 is 0. The molecule has 0 aromatic heterocycles. The zero-order valence-electron chi connectivity index (χ0n) is 23.3. The standard InChI is InChI=1S/C30H26F5N3O5S/c1-42-19-5-7-21(23(13-19)22-8-9-24(31)29(35)28(22)34)20-6-4-18(11-17(20)14-37-15-27(32)33)38-30(39)16-3-10-26(44(36,40)41)25(12-16)43-2/h3-13,27,37H,14-15H2,1-2H3,(H,38,39)(H2,36,40,41). The second-order valence-corrected chi connectivity index (χ2v) is 10.9. The van der Waals surface area contributed by atoms with Crippen LogP contribution in [0.25, 0.3) is 22.3 Å². The summed E-state index contributed by atoms with van der Waals surface area (Å²) in [5, 5.41) is 10.4. The van der Waals surface area contributed by atoms with Crippen molar-refractivity contribution in [3.05, 3.63) is 95.3 Å². The molecule has 14 heteroatoms. The fourth-order valence-corrected chi connectivity index (χ4v) is 5.17. The van der Waals surface area contributed by atoms with Gasteiger partial charge in [0, 0.05) is 23.4 Å². The van der Waals surface area contributed by atoms with Gasteiger partial charge in [-0.3, -0.25) is 4.79 Å². The van der Waals surface area contributed by atoms with Crippen LogP contribution in [0.5, 0.6) is 11.5 Å². The Hall–Kier alpha value is -4.53. The van der Waals surface area contributed by atoms with E-state index < -0.39 is 46.4 Å². The minimum atomic E-state index is -4.12. The molecule has 0 saturated heterocycles. The van der Waals surface area contributed by atoms with Crippen molar-refractivity contribution in [2.24, 2.45) is 5.14 Å². The number of rotatable bonds is 11. The third-order valence-electron chi connectivity index (χ3n) is 6.55. The Labute approximate surface area is 249 Å². The molecule has 0 saturated carbocycles. The van der Waals surface area contributed by atoms with Crippen molar-refractivity contribution < 1.29 is 44.6 Å². The predicted molar refractivity (Wildman–Crippen MR) is 154 cm³/mol.